The summed E-state index contributed by atoms with van der Waals surface area (Å²) in [6, 6.07) is 11.5. The maximum absolute atomic E-state index is 11.7. The Morgan fingerprint density at radius 2 is 1.86 bits per heavy atom. The second kappa shape index (κ2) is 7.53. The zero-order chi connectivity index (χ0) is 15.1. The van der Waals surface area contributed by atoms with E-state index < -0.39 is 0 Å². The average molecular weight is 287 g/mol. The topological polar surface area (TPSA) is 51.5 Å². The molecule has 0 bridgehead atoms. The molecular formula is C17H21NO3. The van der Waals surface area contributed by atoms with Crippen molar-refractivity contribution in [2.45, 2.75) is 26.7 Å². The van der Waals surface area contributed by atoms with Gasteiger partial charge in [0.2, 0.25) is 0 Å². The Morgan fingerprint density at radius 3 is 2.52 bits per heavy atom. The molecule has 4 nitrogen and oxygen atoms in total. The molecule has 112 valence electrons. The van der Waals surface area contributed by atoms with E-state index in [1.54, 1.807) is 12.1 Å². The lowest BCUT2D eigenvalue weighted by molar-refractivity contribution is 0.0923. The first-order valence-electron chi connectivity index (χ1n) is 7.19. The van der Waals surface area contributed by atoms with Crippen molar-refractivity contribution in [1.82, 2.24) is 5.32 Å². The van der Waals surface area contributed by atoms with Gasteiger partial charge in [0.15, 0.2) is 5.76 Å². The number of benzene rings is 1. The van der Waals surface area contributed by atoms with E-state index in [1.807, 2.05) is 38.1 Å². The number of unbranched alkanes of at least 4 members (excludes halogenated alkanes) is 1. The van der Waals surface area contributed by atoms with E-state index in [0.29, 0.717) is 18.9 Å². The van der Waals surface area contributed by atoms with Crippen LogP contribution in [0.4, 0.5) is 0 Å². The molecule has 4 heteroatoms. The number of aryl methyl sites for hydroxylation is 2. The molecule has 1 aromatic carbocycles. The van der Waals surface area contributed by atoms with Crippen LogP contribution in [0, 0.1) is 13.8 Å². The number of nitrogens with one attached hydrogen (secondary N) is 1. The first kappa shape index (κ1) is 15.2. The third kappa shape index (κ3) is 4.99. The summed E-state index contributed by atoms with van der Waals surface area (Å²) < 4.78 is 10.9. The number of carbonyl (C=O) groups excluding carboxylic acids is 1. The summed E-state index contributed by atoms with van der Waals surface area (Å²) in [6.45, 7) is 5.14. The molecule has 0 fully saturated rings. The fourth-order valence-corrected chi connectivity index (χ4v) is 1.90. The molecule has 0 saturated heterocycles. The van der Waals surface area contributed by atoms with Crippen molar-refractivity contribution in [3.8, 4) is 5.75 Å². The summed E-state index contributed by atoms with van der Waals surface area (Å²) in [4.78, 5) is 11.7. The van der Waals surface area contributed by atoms with Crippen LogP contribution >= 0.6 is 0 Å². The largest absolute Gasteiger partial charge is 0.494 e. The number of furan rings is 1. The van der Waals surface area contributed by atoms with Crippen molar-refractivity contribution in [3.05, 3.63) is 53.5 Å². The second-order valence-electron chi connectivity index (χ2n) is 5.03. The molecule has 0 aliphatic heterocycles. The molecule has 21 heavy (non-hydrogen) atoms. The monoisotopic (exact) mass is 287 g/mol. The summed E-state index contributed by atoms with van der Waals surface area (Å²) in [6.07, 6.45) is 1.77. The minimum Gasteiger partial charge on any atom is -0.494 e. The first-order valence-corrected chi connectivity index (χ1v) is 7.19. The lowest BCUT2D eigenvalue weighted by Crippen LogP contribution is -2.24. The first-order chi connectivity index (χ1) is 10.1. The van der Waals surface area contributed by atoms with Crippen molar-refractivity contribution in [3.63, 3.8) is 0 Å². The van der Waals surface area contributed by atoms with Gasteiger partial charge in [-0.3, -0.25) is 4.79 Å². The van der Waals surface area contributed by atoms with E-state index in [-0.39, 0.29) is 5.91 Å². The summed E-state index contributed by atoms with van der Waals surface area (Å²) in [5, 5.41) is 2.83. The molecule has 1 heterocycles. The highest BCUT2D eigenvalue weighted by Gasteiger charge is 2.08. The minimum absolute atomic E-state index is 0.164. The Labute approximate surface area is 125 Å². The molecule has 2 rings (SSSR count). The van der Waals surface area contributed by atoms with Crippen LogP contribution in [0.5, 0.6) is 5.75 Å². The van der Waals surface area contributed by atoms with Crippen LogP contribution in [0.1, 0.15) is 34.7 Å². The lowest BCUT2D eigenvalue weighted by Gasteiger charge is -2.07. The van der Waals surface area contributed by atoms with Crippen LogP contribution in [-0.4, -0.2) is 19.1 Å². The summed E-state index contributed by atoms with van der Waals surface area (Å²) in [5.41, 5.74) is 1.22. The molecular weight excluding hydrogens is 266 g/mol. The highest BCUT2D eigenvalue weighted by molar-refractivity contribution is 5.91. The fraction of sp³-hybridized carbons (Fsp3) is 0.353. The Kier molecular flexibility index (Phi) is 5.43. The molecule has 0 atom stereocenters. The molecule has 2 aromatic rings. The van der Waals surface area contributed by atoms with E-state index in [0.717, 1.165) is 24.4 Å². The molecule has 0 unspecified atom stereocenters. The van der Waals surface area contributed by atoms with E-state index in [1.165, 1.54) is 5.56 Å². The van der Waals surface area contributed by atoms with Gasteiger partial charge in [0, 0.05) is 6.54 Å². The van der Waals surface area contributed by atoms with Crippen LogP contribution < -0.4 is 10.1 Å². The predicted octanol–water partition coefficient (Wildman–Crippen LogP) is 3.49. The molecule has 0 aliphatic rings. The summed E-state index contributed by atoms with van der Waals surface area (Å²) in [7, 11) is 0. The van der Waals surface area contributed by atoms with E-state index in [4.69, 9.17) is 9.15 Å². The third-order valence-electron chi connectivity index (χ3n) is 3.11. The Morgan fingerprint density at radius 1 is 1.10 bits per heavy atom. The Hall–Kier alpha value is -2.23. The van der Waals surface area contributed by atoms with Gasteiger partial charge in [0.05, 0.1) is 6.61 Å². The summed E-state index contributed by atoms with van der Waals surface area (Å²) in [5.74, 6) is 1.83. The maximum atomic E-state index is 11.7. The zero-order valence-electron chi connectivity index (χ0n) is 12.5. The number of rotatable bonds is 7. The molecule has 1 amide bonds. The van der Waals surface area contributed by atoms with Gasteiger partial charge in [-0.15, -0.1) is 0 Å². The molecule has 1 N–H and O–H groups in total. The van der Waals surface area contributed by atoms with Crippen molar-refractivity contribution in [1.29, 1.82) is 0 Å². The van der Waals surface area contributed by atoms with Gasteiger partial charge in [-0.2, -0.15) is 0 Å². The van der Waals surface area contributed by atoms with Crippen LogP contribution in [-0.2, 0) is 0 Å². The van der Waals surface area contributed by atoms with Gasteiger partial charge in [0.1, 0.15) is 11.5 Å². The van der Waals surface area contributed by atoms with Crippen LogP contribution in [0.15, 0.2) is 40.8 Å². The average Bonchev–Trinajstić information content (AvgIpc) is 2.91. The highest BCUT2D eigenvalue weighted by atomic mass is 16.5. The predicted molar refractivity (Wildman–Crippen MR) is 81.7 cm³/mol. The van der Waals surface area contributed by atoms with Crippen LogP contribution in [0.2, 0.25) is 0 Å². The standard InChI is InChI=1S/C17H21NO3/c1-13-5-8-15(9-6-13)20-12-4-3-11-18-17(19)16-10-7-14(2)21-16/h5-10H,3-4,11-12H2,1-2H3,(H,18,19). The molecule has 0 aliphatic carbocycles. The number of amides is 1. The van der Waals surface area contributed by atoms with Crippen molar-refractivity contribution < 1.29 is 13.9 Å². The number of carbonyl (C=O) groups is 1. The number of ether oxygens (including phenoxy) is 1. The lowest BCUT2D eigenvalue weighted by atomic mass is 10.2. The van der Waals surface area contributed by atoms with Gasteiger partial charge in [-0.1, -0.05) is 17.7 Å². The second-order valence-corrected chi connectivity index (χ2v) is 5.03. The Bertz CT molecular complexity index is 572. The quantitative estimate of drug-likeness (QED) is 0.793. The van der Waals surface area contributed by atoms with Gasteiger partial charge in [-0.25, -0.2) is 0 Å². The number of hydrogen-bond donors (Lipinski definition) is 1. The van der Waals surface area contributed by atoms with E-state index in [2.05, 4.69) is 5.32 Å². The molecule has 0 spiro atoms. The normalized spacial score (nSPS) is 10.4. The number of hydrogen-bond acceptors (Lipinski definition) is 3. The molecule has 0 radical (unpaired) electrons. The molecule has 0 saturated carbocycles. The SMILES string of the molecule is Cc1ccc(OCCCCNC(=O)c2ccc(C)o2)cc1. The van der Waals surface area contributed by atoms with Gasteiger partial charge >= 0.3 is 0 Å². The van der Waals surface area contributed by atoms with Crippen molar-refractivity contribution in [2.24, 2.45) is 0 Å². The Balaban J connectivity index is 1.58. The summed E-state index contributed by atoms with van der Waals surface area (Å²) >= 11 is 0. The van der Waals surface area contributed by atoms with E-state index >= 15 is 0 Å². The molecule has 1 aromatic heterocycles. The van der Waals surface area contributed by atoms with Crippen molar-refractivity contribution in [2.75, 3.05) is 13.2 Å². The minimum atomic E-state index is -0.164. The zero-order valence-corrected chi connectivity index (χ0v) is 12.5. The fourth-order valence-electron chi connectivity index (χ4n) is 1.90. The maximum Gasteiger partial charge on any atom is 0.286 e. The highest BCUT2D eigenvalue weighted by Crippen LogP contribution is 2.11. The van der Waals surface area contributed by atoms with Gasteiger partial charge < -0.3 is 14.5 Å². The van der Waals surface area contributed by atoms with Crippen LogP contribution in [0.3, 0.4) is 0 Å². The third-order valence-corrected chi connectivity index (χ3v) is 3.11. The van der Waals surface area contributed by atoms with Crippen LogP contribution in [0.25, 0.3) is 0 Å². The van der Waals surface area contributed by atoms with Gasteiger partial charge in [-0.05, 0) is 51.0 Å². The smallest absolute Gasteiger partial charge is 0.286 e. The van der Waals surface area contributed by atoms with Gasteiger partial charge in [0.25, 0.3) is 5.91 Å². The van der Waals surface area contributed by atoms with Crippen molar-refractivity contribution >= 4 is 5.91 Å². The van der Waals surface area contributed by atoms with E-state index in [9.17, 15) is 4.79 Å².